The molecule has 0 bridgehead atoms. The number of nitrogens with one attached hydrogen (secondary N) is 1. The topological polar surface area (TPSA) is 82.9 Å². The van der Waals surface area contributed by atoms with Gasteiger partial charge in [-0.05, 0) is 38.3 Å². The van der Waals surface area contributed by atoms with E-state index in [-0.39, 0.29) is 11.2 Å². The van der Waals surface area contributed by atoms with E-state index in [2.05, 4.69) is 16.4 Å². The Morgan fingerprint density at radius 3 is 2.60 bits per heavy atom. The summed E-state index contributed by atoms with van der Waals surface area (Å²) in [4.78, 5) is 4.35. The summed E-state index contributed by atoms with van der Waals surface area (Å²) < 4.78 is 22.9. The molecule has 0 amide bonds. The molecule has 1 aromatic heterocycles. The van der Waals surface area contributed by atoms with Gasteiger partial charge in [0.15, 0.2) is 0 Å². The van der Waals surface area contributed by atoms with Crippen LogP contribution in [0.4, 0.5) is 5.82 Å². The van der Waals surface area contributed by atoms with Gasteiger partial charge in [-0.3, -0.25) is 0 Å². The van der Waals surface area contributed by atoms with Crippen LogP contribution in [-0.2, 0) is 9.84 Å². The number of aryl methyl sites for hydroxylation is 2. The Morgan fingerprint density at radius 1 is 1.45 bits per heavy atom. The second kappa shape index (κ2) is 5.06. The van der Waals surface area contributed by atoms with Crippen LogP contribution in [-0.4, -0.2) is 32.0 Å². The zero-order chi connectivity index (χ0) is 15.0. The number of hydrogen-bond donors (Lipinski definition) is 1. The van der Waals surface area contributed by atoms with Crippen molar-refractivity contribution in [1.82, 2.24) is 4.98 Å². The third kappa shape index (κ3) is 3.48. The average Bonchev–Trinajstić information content (AvgIpc) is 3.03. The highest BCUT2D eigenvalue weighted by molar-refractivity contribution is 7.90. The lowest BCUT2D eigenvalue weighted by atomic mass is 10.1. The molecular formula is C14H19N3O2S. The van der Waals surface area contributed by atoms with Gasteiger partial charge in [0.1, 0.15) is 21.7 Å². The Labute approximate surface area is 119 Å². The minimum Gasteiger partial charge on any atom is -0.368 e. The molecule has 1 N–H and O–H groups in total. The molecule has 6 heteroatoms. The second-order valence-electron chi connectivity index (χ2n) is 5.84. The molecule has 0 radical (unpaired) electrons. The number of anilines is 1. The molecule has 0 aliphatic heterocycles. The summed E-state index contributed by atoms with van der Waals surface area (Å²) >= 11 is 0. The van der Waals surface area contributed by atoms with E-state index in [9.17, 15) is 13.7 Å². The Kier molecular flexibility index (Phi) is 3.74. The van der Waals surface area contributed by atoms with E-state index < -0.39 is 9.84 Å². The van der Waals surface area contributed by atoms with Crippen molar-refractivity contribution < 1.29 is 8.42 Å². The van der Waals surface area contributed by atoms with Crippen molar-refractivity contribution in [3.05, 3.63) is 22.9 Å². The molecule has 0 aromatic carbocycles. The van der Waals surface area contributed by atoms with Gasteiger partial charge in [-0.1, -0.05) is 0 Å². The molecule has 0 saturated heterocycles. The van der Waals surface area contributed by atoms with Gasteiger partial charge in [-0.2, -0.15) is 5.26 Å². The molecule has 1 aliphatic carbocycles. The molecule has 1 fully saturated rings. The molecule has 1 heterocycles. The Morgan fingerprint density at radius 2 is 2.10 bits per heavy atom. The number of nitrogens with zero attached hydrogens (tertiary/aromatic N) is 2. The van der Waals surface area contributed by atoms with Crippen molar-refractivity contribution in [2.75, 3.05) is 23.9 Å². The molecule has 0 spiro atoms. The number of aromatic nitrogens is 1. The first-order chi connectivity index (χ1) is 9.25. The first-order valence-corrected chi connectivity index (χ1v) is 8.61. The fourth-order valence-corrected chi connectivity index (χ4v) is 3.99. The van der Waals surface area contributed by atoms with E-state index >= 15 is 0 Å². The summed E-state index contributed by atoms with van der Waals surface area (Å²) in [6.07, 6.45) is 3.07. The van der Waals surface area contributed by atoms with Crippen LogP contribution >= 0.6 is 0 Å². The van der Waals surface area contributed by atoms with Gasteiger partial charge in [-0.15, -0.1) is 0 Å². The van der Waals surface area contributed by atoms with Crippen molar-refractivity contribution >= 4 is 15.7 Å². The van der Waals surface area contributed by atoms with E-state index in [1.807, 2.05) is 19.9 Å². The molecule has 0 atom stereocenters. The van der Waals surface area contributed by atoms with Crippen molar-refractivity contribution in [2.45, 2.75) is 26.7 Å². The van der Waals surface area contributed by atoms with E-state index in [4.69, 9.17) is 0 Å². The van der Waals surface area contributed by atoms with Gasteiger partial charge in [0.2, 0.25) is 0 Å². The molecule has 1 aliphatic rings. The SMILES string of the molecule is Cc1cc(C)c(C#N)c(NCC2(CS(C)(=O)=O)CC2)n1. The second-order valence-corrected chi connectivity index (χ2v) is 7.98. The van der Waals surface area contributed by atoms with Crippen molar-refractivity contribution in [3.8, 4) is 6.07 Å². The van der Waals surface area contributed by atoms with Gasteiger partial charge < -0.3 is 5.32 Å². The Bertz CT molecular complexity index is 670. The van der Waals surface area contributed by atoms with Gasteiger partial charge in [0.05, 0.1) is 11.3 Å². The quantitative estimate of drug-likeness (QED) is 0.895. The van der Waals surface area contributed by atoms with Crippen LogP contribution in [0.3, 0.4) is 0 Å². The number of hydrogen-bond acceptors (Lipinski definition) is 5. The maximum Gasteiger partial charge on any atom is 0.148 e. The highest BCUT2D eigenvalue weighted by Gasteiger charge is 2.45. The fraction of sp³-hybridized carbons (Fsp3) is 0.571. The van der Waals surface area contributed by atoms with Crippen LogP contribution in [0.25, 0.3) is 0 Å². The van der Waals surface area contributed by atoms with E-state index in [0.29, 0.717) is 17.9 Å². The van der Waals surface area contributed by atoms with Gasteiger partial charge in [0, 0.05) is 23.9 Å². The molecule has 1 aromatic rings. The van der Waals surface area contributed by atoms with Crippen molar-refractivity contribution in [1.29, 1.82) is 5.26 Å². The third-order valence-electron chi connectivity index (χ3n) is 3.61. The summed E-state index contributed by atoms with van der Waals surface area (Å²) in [5, 5.41) is 12.4. The van der Waals surface area contributed by atoms with Crippen LogP contribution < -0.4 is 5.32 Å². The van der Waals surface area contributed by atoms with Crippen molar-refractivity contribution in [3.63, 3.8) is 0 Å². The Hall–Kier alpha value is -1.61. The molecule has 2 rings (SSSR count). The standard InChI is InChI=1S/C14H19N3O2S/c1-10-6-11(2)17-13(12(10)7-15)16-8-14(4-5-14)9-20(3,18)19/h6H,4-5,8-9H2,1-3H3,(H,16,17). The van der Waals surface area contributed by atoms with Crippen LogP contribution in [0.1, 0.15) is 29.7 Å². The summed E-state index contributed by atoms with van der Waals surface area (Å²) in [5.41, 5.74) is 2.08. The van der Waals surface area contributed by atoms with E-state index in [0.717, 1.165) is 24.1 Å². The van der Waals surface area contributed by atoms with Crippen LogP contribution in [0.15, 0.2) is 6.07 Å². The molecule has 0 unspecified atom stereocenters. The lowest BCUT2D eigenvalue weighted by Crippen LogP contribution is -2.24. The maximum atomic E-state index is 11.4. The first-order valence-electron chi connectivity index (χ1n) is 6.55. The molecular weight excluding hydrogens is 274 g/mol. The number of nitriles is 1. The smallest absolute Gasteiger partial charge is 0.148 e. The van der Waals surface area contributed by atoms with Crippen molar-refractivity contribution in [2.24, 2.45) is 5.41 Å². The average molecular weight is 293 g/mol. The normalized spacial score (nSPS) is 16.5. The third-order valence-corrected chi connectivity index (χ3v) is 4.75. The molecule has 20 heavy (non-hydrogen) atoms. The molecule has 1 saturated carbocycles. The van der Waals surface area contributed by atoms with Crippen LogP contribution in [0.2, 0.25) is 0 Å². The summed E-state index contributed by atoms with van der Waals surface area (Å²) in [6.45, 7) is 4.30. The predicted octanol–water partition coefficient (Wildman–Crippen LogP) is 1.81. The molecule has 108 valence electrons. The maximum absolute atomic E-state index is 11.4. The largest absolute Gasteiger partial charge is 0.368 e. The predicted molar refractivity (Wildman–Crippen MR) is 78.3 cm³/mol. The fourth-order valence-electron chi connectivity index (χ4n) is 2.48. The van der Waals surface area contributed by atoms with E-state index in [1.54, 1.807) is 0 Å². The summed E-state index contributed by atoms with van der Waals surface area (Å²) in [5.74, 6) is 0.754. The highest BCUT2D eigenvalue weighted by Crippen LogP contribution is 2.46. The number of rotatable bonds is 5. The minimum atomic E-state index is -2.98. The zero-order valence-electron chi connectivity index (χ0n) is 12.0. The highest BCUT2D eigenvalue weighted by atomic mass is 32.2. The minimum absolute atomic E-state index is 0.181. The molecule has 5 nitrogen and oxygen atoms in total. The lowest BCUT2D eigenvalue weighted by Gasteiger charge is -2.16. The first kappa shape index (κ1) is 14.8. The van der Waals surface area contributed by atoms with Gasteiger partial charge >= 0.3 is 0 Å². The lowest BCUT2D eigenvalue weighted by molar-refractivity contribution is 0.560. The zero-order valence-corrected chi connectivity index (χ0v) is 12.8. The van der Waals surface area contributed by atoms with E-state index in [1.165, 1.54) is 6.26 Å². The summed E-state index contributed by atoms with van der Waals surface area (Å²) in [7, 11) is -2.98. The monoisotopic (exact) mass is 293 g/mol. The number of pyridine rings is 1. The van der Waals surface area contributed by atoms with Crippen LogP contribution in [0.5, 0.6) is 0 Å². The Balaban J connectivity index is 2.14. The van der Waals surface area contributed by atoms with Crippen LogP contribution in [0, 0.1) is 30.6 Å². The van der Waals surface area contributed by atoms with Gasteiger partial charge in [-0.25, -0.2) is 13.4 Å². The van der Waals surface area contributed by atoms with Gasteiger partial charge in [0.25, 0.3) is 0 Å². The number of sulfone groups is 1. The summed E-state index contributed by atoms with van der Waals surface area (Å²) in [6, 6.07) is 4.02.